The number of likely N-dealkylation sites (tertiary alicyclic amines) is 3. The van der Waals surface area contributed by atoms with Gasteiger partial charge in [0.2, 0.25) is 35.4 Å². The van der Waals surface area contributed by atoms with Gasteiger partial charge < -0.3 is 79.2 Å². The van der Waals surface area contributed by atoms with E-state index in [-0.39, 0.29) is 138 Å². The van der Waals surface area contributed by atoms with E-state index in [9.17, 15) is 51.9 Å². The van der Waals surface area contributed by atoms with Gasteiger partial charge in [-0.3, -0.25) is 38.3 Å². The van der Waals surface area contributed by atoms with Gasteiger partial charge >= 0.3 is 17.8 Å². The quantitative estimate of drug-likeness (QED) is 0.0604. The molecule has 6 atom stereocenters. The van der Waals surface area contributed by atoms with Crippen molar-refractivity contribution in [2.45, 2.75) is 202 Å². The Labute approximate surface area is 826 Å². The standard InChI is InChI=1S/C36H49FN6O3S.C35H47FN6O3S.C33H44FN7O3S.2H2/c1-36(2,3)14-18-43-33(45)31(47-34(43)28-23-26(37)9-10-30(28)40-21-19-39(4)20-22-40)24-32(44)41-15-12-27(13-16-41)42-17-11-25-7-5-6-8-29(25)38-35(42)46;1-35(2,3)13-16-41-32(44)30(46-33(41)27-21-25(36)9-10-29(27)39-19-17-38(4)18-20-39)22-31(43)40-14-11-26(12-15-40)42-23-24-7-5-6-8-28(24)37-34(42)45;1-33(2,3)12-16-40-30(43)26(45-31(40)28-23(34)7-5-8-24(28)38-19-17-37(4)18-20-38)21-27(42)39-14-10-22(11-15-39)41-25-9-6-13-35-29(25)36-32(41)44;;/h5-10,23,27,31,34H,11-22,24H2,1-4H3,(H,38,46);5-10,21,26,30,33H,11-20,22-23H2,1-4H3,(H,37,45);5-9,13,22,26,31H,10-12,14-21H2,1-4H3,(H,35,36,44);2*1H. The van der Waals surface area contributed by atoms with Gasteiger partial charge in [-0.05, 0) is 186 Å². The first kappa shape index (κ1) is 101. The van der Waals surface area contributed by atoms with E-state index in [1.165, 1.54) is 53.5 Å². The maximum absolute atomic E-state index is 15.8. The number of benzene rings is 5. The number of piperidine rings is 3. The number of amides is 10. The van der Waals surface area contributed by atoms with Crippen molar-refractivity contribution in [3.05, 3.63) is 177 Å². The molecule has 28 nitrogen and oxygen atoms in total. The molecule has 5 aromatic carbocycles. The number of halogens is 3. The van der Waals surface area contributed by atoms with Crippen LogP contribution in [0.3, 0.4) is 0 Å². The topological polar surface area (TPSA) is 257 Å². The summed E-state index contributed by atoms with van der Waals surface area (Å²) in [6.07, 6.45) is 9.24. The molecule has 138 heavy (non-hydrogen) atoms. The maximum atomic E-state index is 15.8. The number of likely N-dealkylation sites (N-methyl/N-ethyl adjacent to an activating group) is 3. The molecule has 10 amide bonds. The molecular formula is C104H144F3N19O9S3. The molecule has 9 fully saturated rings. The number of hydrogen-bond donors (Lipinski definition) is 3. The number of aromatic nitrogens is 3. The summed E-state index contributed by atoms with van der Waals surface area (Å²) in [6.45, 7) is 35.8. The number of para-hydroxylation sites is 2. The number of nitrogens with one attached hydrogen (secondary N) is 3. The monoisotopic (exact) mass is 1960 g/mol. The van der Waals surface area contributed by atoms with Crippen LogP contribution in [0.2, 0.25) is 0 Å². The number of carbonyl (C=O) groups is 8. The highest BCUT2D eigenvalue weighted by atomic mass is 32.2. The summed E-state index contributed by atoms with van der Waals surface area (Å²) in [5.74, 6) is -1.25. The second-order valence-electron chi connectivity index (χ2n) is 42.8. The number of nitrogens with zero attached hydrogens (tertiary/aromatic N) is 16. The van der Waals surface area contributed by atoms with Crippen molar-refractivity contribution in [2.24, 2.45) is 16.2 Å². The fourth-order valence-corrected chi connectivity index (χ4v) is 25.3. The van der Waals surface area contributed by atoms with Crippen molar-refractivity contribution in [1.82, 2.24) is 68.4 Å². The molecule has 0 bridgehead atoms. The van der Waals surface area contributed by atoms with Crippen LogP contribution >= 0.6 is 35.3 Å². The third-order valence-electron chi connectivity index (χ3n) is 29.3. The number of pyridine rings is 1. The van der Waals surface area contributed by atoms with Crippen LogP contribution in [0, 0.1) is 33.7 Å². The lowest BCUT2D eigenvalue weighted by Gasteiger charge is -2.40. The molecule has 7 aromatic rings. The molecule has 34 heteroatoms. The molecule has 11 aliphatic heterocycles. The van der Waals surface area contributed by atoms with E-state index in [2.05, 4.69) is 140 Å². The van der Waals surface area contributed by atoms with E-state index in [4.69, 9.17) is 0 Å². The second-order valence-corrected chi connectivity index (χ2v) is 46.6. The Balaban J connectivity index is 0.000000166. The van der Waals surface area contributed by atoms with Crippen LogP contribution in [0.5, 0.6) is 0 Å². The summed E-state index contributed by atoms with van der Waals surface area (Å²) in [5, 5.41) is 3.22. The van der Waals surface area contributed by atoms with Gasteiger partial charge in [0.25, 0.3) is 0 Å². The highest BCUT2D eigenvalue weighted by molar-refractivity contribution is 8.01. The molecule has 0 spiro atoms. The number of anilines is 5. The number of urea groups is 2. The van der Waals surface area contributed by atoms with Crippen LogP contribution in [0.15, 0.2) is 126 Å². The number of imidazole rings is 1. The first-order chi connectivity index (χ1) is 65.9. The Hall–Kier alpha value is -10.0. The number of rotatable bonds is 21. The van der Waals surface area contributed by atoms with E-state index < -0.39 is 21.1 Å². The molecule has 9 saturated heterocycles. The van der Waals surface area contributed by atoms with Crippen molar-refractivity contribution < 1.29 is 54.4 Å². The highest BCUT2D eigenvalue weighted by Gasteiger charge is 2.50. The van der Waals surface area contributed by atoms with E-state index in [0.29, 0.717) is 122 Å². The van der Waals surface area contributed by atoms with Crippen molar-refractivity contribution in [2.75, 3.05) is 190 Å². The minimum Gasteiger partial charge on any atom is -0.369 e. The number of H-pyrrole nitrogens is 1. The Morgan fingerprint density at radius 2 is 0.812 bits per heavy atom. The van der Waals surface area contributed by atoms with Crippen LogP contribution in [0.4, 0.5) is 51.2 Å². The van der Waals surface area contributed by atoms with Gasteiger partial charge in [0.1, 0.15) is 33.6 Å². The normalized spacial score (nSPS) is 22.8. The number of thioether (sulfide) groups is 3. The lowest BCUT2D eigenvalue weighted by molar-refractivity contribution is -0.137. The first-order valence-corrected chi connectivity index (χ1v) is 52.5. The summed E-state index contributed by atoms with van der Waals surface area (Å²) in [7, 11) is 6.31. The average molecular weight is 1960 g/mol. The Kier molecular flexibility index (Phi) is 31.9. The van der Waals surface area contributed by atoms with Gasteiger partial charge in [0.05, 0.1) is 21.3 Å². The zero-order valence-electron chi connectivity index (χ0n) is 82.4. The van der Waals surface area contributed by atoms with Gasteiger partial charge in [0, 0.05) is 242 Å². The van der Waals surface area contributed by atoms with E-state index in [0.717, 1.165) is 160 Å². The molecule has 13 heterocycles. The molecule has 0 saturated carbocycles. The number of fused-ring (bicyclic) bond motifs is 3. The minimum atomic E-state index is -0.581. The average Bonchev–Trinajstić information content (AvgIpc) is 1.01. The third-order valence-corrected chi connectivity index (χ3v) is 33.7. The first-order valence-electron chi connectivity index (χ1n) is 49.7. The zero-order valence-corrected chi connectivity index (χ0v) is 84.8. The molecule has 2 aromatic heterocycles. The molecule has 0 aliphatic carbocycles. The van der Waals surface area contributed by atoms with Crippen LogP contribution < -0.4 is 31.0 Å². The summed E-state index contributed by atoms with van der Waals surface area (Å²) in [4.78, 5) is 157. The third kappa shape index (κ3) is 24.1. The Morgan fingerprint density at radius 3 is 1.26 bits per heavy atom. The number of hydrogen-bond acceptors (Lipinski definition) is 19. The fourth-order valence-electron chi connectivity index (χ4n) is 20.8. The van der Waals surface area contributed by atoms with E-state index in [1.807, 2.05) is 112 Å². The SMILES string of the molecule is CN1CCN(c2ccc(F)cc2C2SC(CC(=O)N3CCC(N4CCc5ccccc5NC4=O)CC3)C(=O)N2CCC(C)(C)C)CC1.CN1CCN(c2ccc(F)cc2C2SC(CC(=O)N3CCC(N4Cc5ccccc5NC4=O)CC3)C(=O)N2CCC(C)(C)C)CC1.CN1CCN(c2cccc(F)c2C2SC(CC(=O)N3CCC(n4c(=O)[nH]c5ncccc54)CC3)C(=O)N2CCC(C)(C)C)CC1.[HH].[HH]. The summed E-state index contributed by atoms with van der Waals surface area (Å²) >= 11 is 4.40. The molecule has 0 radical (unpaired) electrons. The van der Waals surface area contributed by atoms with Gasteiger partial charge in [-0.2, -0.15) is 0 Å². The largest absolute Gasteiger partial charge is 0.369 e. The van der Waals surface area contributed by atoms with Gasteiger partial charge in [0.15, 0.2) is 5.65 Å². The molecule has 3 N–H and O–H groups in total. The van der Waals surface area contributed by atoms with Crippen LogP contribution in [0.1, 0.15) is 192 Å². The molecular weight excluding hydrogens is 1810 g/mol. The number of aromatic amines is 1. The zero-order chi connectivity index (χ0) is 97.8. The van der Waals surface area contributed by atoms with Crippen molar-refractivity contribution in [3.63, 3.8) is 0 Å². The van der Waals surface area contributed by atoms with Crippen LogP contribution in [-0.4, -0.2) is 309 Å². The van der Waals surface area contributed by atoms with Crippen molar-refractivity contribution in [3.8, 4) is 0 Å². The minimum absolute atomic E-state index is 0. The van der Waals surface area contributed by atoms with E-state index in [1.54, 1.807) is 29.0 Å². The predicted octanol–water partition coefficient (Wildman–Crippen LogP) is 15.6. The number of piperazine rings is 3. The van der Waals surface area contributed by atoms with E-state index >= 15 is 4.39 Å². The summed E-state index contributed by atoms with van der Waals surface area (Å²) in [5.41, 5.74) is 10.1. The fraction of sp³-hybridized carbons (Fsp3) is 0.577. The van der Waals surface area contributed by atoms with Crippen LogP contribution in [0.25, 0.3) is 11.2 Å². The smallest absolute Gasteiger partial charge is 0.327 e. The predicted molar refractivity (Wildman–Crippen MR) is 547 cm³/mol. The molecule has 6 unspecified atom stereocenters. The lowest BCUT2D eigenvalue weighted by atomic mass is 9.92. The molecule has 18 rings (SSSR count). The Morgan fingerprint density at radius 1 is 0.420 bits per heavy atom. The van der Waals surface area contributed by atoms with Gasteiger partial charge in [-0.25, -0.2) is 32.5 Å². The van der Waals surface area contributed by atoms with Gasteiger partial charge in [-0.1, -0.05) is 105 Å². The number of carbonyl (C=O) groups excluding carboxylic acids is 8. The molecule has 748 valence electrons. The van der Waals surface area contributed by atoms with Crippen molar-refractivity contribution >= 4 is 122 Å². The molecule has 11 aliphatic rings. The maximum Gasteiger partial charge on any atom is 0.327 e. The second kappa shape index (κ2) is 43.6. The Bertz CT molecular complexity index is 5600. The van der Waals surface area contributed by atoms with Crippen LogP contribution in [-0.2, 0) is 41.7 Å². The lowest BCUT2D eigenvalue weighted by Crippen LogP contribution is -2.51. The van der Waals surface area contributed by atoms with Gasteiger partial charge in [-0.15, -0.1) is 35.3 Å². The summed E-state index contributed by atoms with van der Waals surface area (Å²) in [6, 6.07) is 34.5. The summed E-state index contributed by atoms with van der Waals surface area (Å²) < 4.78 is 47.2. The highest BCUT2D eigenvalue weighted by Crippen LogP contribution is 2.53. The van der Waals surface area contributed by atoms with Crippen molar-refractivity contribution in [1.29, 1.82) is 0 Å².